The van der Waals surface area contributed by atoms with Crippen LogP contribution in [-0.4, -0.2) is 121 Å². The van der Waals surface area contributed by atoms with Gasteiger partial charge in [-0.05, 0) is 6.08 Å². The van der Waals surface area contributed by atoms with Crippen LogP contribution in [0.5, 0.6) is 0 Å². The molecule has 0 spiro atoms. The van der Waals surface area contributed by atoms with Crippen LogP contribution in [0.25, 0.3) is 0 Å². The van der Waals surface area contributed by atoms with Crippen LogP contribution in [0.3, 0.4) is 0 Å². The zero-order chi connectivity index (χ0) is 25.0. The number of hydrogen-bond acceptors (Lipinski definition) is 12. The Morgan fingerprint density at radius 1 is 1.15 bits per heavy atom. The number of rotatable bonds is 11. The highest BCUT2D eigenvalue weighted by Gasteiger charge is 2.57. The standard InChI is InChI=1S/C19H28O14/c1-2-3-30-18(16(26)27)5-9(4-13(32-18)11(23)7-20)31-19(17(28)29)6-10(22)14(25)15(33-19)12(24)8-21/h2,4,9-12,14-15,20-25H,1,3,5-8H2,(H,26,27)(H,28,29)/t9-,10+,11+,12+,14+,15+,18+,19+/m0/s1. The zero-order valence-corrected chi connectivity index (χ0v) is 17.4. The lowest BCUT2D eigenvalue weighted by Crippen LogP contribution is -2.64. The van der Waals surface area contributed by atoms with E-state index in [1.807, 2.05) is 0 Å². The van der Waals surface area contributed by atoms with Crippen molar-refractivity contribution in [2.75, 3.05) is 19.8 Å². The van der Waals surface area contributed by atoms with E-state index >= 15 is 0 Å². The summed E-state index contributed by atoms with van der Waals surface area (Å²) in [5, 5.41) is 78.1. The van der Waals surface area contributed by atoms with Crippen LogP contribution >= 0.6 is 0 Å². The van der Waals surface area contributed by atoms with Crippen molar-refractivity contribution in [2.45, 2.75) is 61.0 Å². The van der Waals surface area contributed by atoms with Crippen LogP contribution in [0.4, 0.5) is 0 Å². The molecular formula is C19H28O14. The molecule has 0 aromatic rings. The molecule has 1 saturated heterocycles. The maximum Gasteiger partial charge on any atom is 0.377 e. The van der Waals surface area contributed by atoms with Crippen molar-refractivity contribution in [2.24, 2.45) is 0 Å². The normalized spacial score (nSPS) is 36.2. The van der Waals surface area contributed by atoms with Gasteiger partial charge in [0.15, 0.2) is 0 Å². The molecule has 0 aromatic carbocycles. The molecule has 1 fully saturated rings. The molecule has 2 heterocycles. The Labute approximate surface area is 187 Å². The van der Waals surface area contributed by atoms with Crippen LogP contribution in [0.1, 0.15) is 12.8 Å². The summed E-state index contributed by atoms with van der Waals surface area (Å²) in [5.74, 6) is -9.14. The monoisotopic (exact) mass is 480 g/mol. The fourth-order valence-electron chi connectivity index (χ4n) is 3.46. The fraction of sp³-hybridized carbons (Fsp3) is 0.684. The number of carboxylic acid groups (broad SMARTS) is 2. The maximum atomic E-state index is 12.1. The van der Waals surface area contributed by atoms with Crippen molar-refractivity contribution in [3.05, 3.63) is 24.5 Å². The van der Waals surface area contributed by atoms with Gasteiger partial charge in [-0.1, -0.05) is 6.08 Å². The lowest BCUT2D eigenvalue weighted by Gasteiger charge is -2.46. The third-order valence-electron chi connectivity index (χ3n) is 5.13. The summed E-state index contributed by atoms with van der Waals surface area (Å²) >= 11 is 0. The molecule has 8 N–H and O–H groups in total. The molecule has 188 valence electrons. The fourth-order valence-corrected chi connectivity index (χ4v) is 3.46. The van der Waals surface area contributed by atoms with Crippen LogP contribution < -0.4 is 0 Å². The molecule has 0 unspecified atom stereocenters. The van der Waals surface area contributed by atoms with Crippen molar-refractivity contribution >= 4 is 11.9 Å². The van der Waals surface area contributed by atoms with Crippen molar-refractivity contribution in [1.82, 2.24) is 0 Å². The Morgan fingerprint density at radius 2 is 1.79 bits per heavy atom. The van der Waals surface area contributed by atoms with Gasteiger partial charge in [-0.25, -0.2) is 9.59 Å². The topological polar surface area (TPSA) is 233 Å². The summed E-state index contributed by atoms with van der Waals surface area (Å²) in [6, 6.07) is 0. The van der Waals surface area contributed by atoms with Gasteiger partial charge < -0.3 is 59.8 Å². The molecule has 2 aliphatic heterocycles. The quantitative estimate of drug-likeness (QED) is 0.135. The van der Waals surface area contributed by atoms with E-state index in [1.165, 1.54) is 6.08 Å². The number of aliphatic hydroxyl groups is 6. The average Bonchev–Trinajstić information content (AvgIpc) is 2.78. The third-order valence-corrected chi connectivity index (χ3v) is 5.13. The minimum absolute atomic E-state index is 0.322. The predicted octanol–water partition coefficient (Wildman–Crippen LogP) is -3.34. The Balaban J connectivity index is 2.46. The molecule has 0 saturated carbocycles. The first-order valence-electron chi connectivity index (χ1n) is 9.87. The molecule has 14 nitrogen and oxygen atoms in total. The van der Waals surface area contributed by atoms with E-state index in [9.17, 15) is 50.4 Å². The van der Waals surface area contributed by atoms with E-state index in [0.29, 0.717) is 0 Å². The Hall–Kier alpha value is -2.14. The van der Waals surface area contributed by atoms with E-state index in [0.717, 1.165) is 6.08 Å². The minimum Gasteiger partial charge on any atom is -0.477 e. The molecule has 14 heteroatoms. The Bertz CT molecular complexity index is 755. The van der Waals surface area contributed by atoms with E-state index in [-0.39, 0.29) is 6.61 Å². The van der Waals surface area contributed by atoms with Crippen LogP contribution in [0.15, 0.2) is 24.5 Å². The summed E-state index contributed by atoms with van der Waals surface area (Å²) in [4.78, 5) is 24.1. The molecule has 0 radical (unpaired) electrons. The van der Waals surface area contributed by atoms with Gasteiger partial charge in [-0.2, -0.15) is 0 Å². The molecule has 2 aliphatic rings. The Kier molecular flexibility index (Phi) is 8.92. The van der Waals surface area contributed by atoms with Crippen molar-refractivity contribution < 1.29 is 69.4 Å². The smallest absolute Gasteiger partial charge is 0.377 e. The lowest BCUT2D eigenvalue weighted by molar-refractivity contribution is -0.338. The first-order valence-corrected chi connectivity index (χ1v) is 9.87. The summed E-state index contributed by atoms with van der Waals surface area (Å²) < 4.78 is 21.3. The van der Waals surface area contributed by atoms with Crippen molar-refractivity contribution in [3.8, 4) is 0 Å². The molecule has 0 aliphatic carbocycles. The Morgan fingerprint density at radius 3 is 2.30 bits per heavy atom. The second kappa shape index (κ2) is 10.9. The molecule has 0 aromatic heterocycles. The summed E-state index contributed by atoms with van der Waals surface area (Å²) in [5.41, 5.74) is 0. The number of ether oxygens (including phenoxy) is 4. The van der Waals surface area contributed by atoms with Crippen LogP contribution in [0, 0.1) is 0 Å². The van der Waals surface area contributed by atoms with Crippen molar-refractivity contribution in [3.63, 3.8) is 0 Å². The van der Waals surface area contributed by atoms with Gasteiger partial charge in [0.1, 0.15) is 30.2 Å². The lowest BCUT2D eigenvalue weighted by atomic mass is 9.92. The van der Waals surface area contributed by atoms with E-state index in [4.69, 9.17) is 18.9 Å². The predicted molar refractivity (Wildman–Crippen MR) is 103 cm³/mol. The first-order chi connectivity index (χ1) is 15.4. The average molecular weight is 480 g/mol. The summed E-state index contributed by atoms with van der Waals surface area (Å²) in [6.45, 7) is 1.26. The molecule has 0 amide bonds. The molecule has 2 rings (SSSR count). The molecule has 8 atom stereocenters. The summed E-state index contributed by atoms with van der Waals surface area (Å²) in [6.07, 6.45) is -9.60. The van der Waals surface area contributed by atoms with Gasteiger partial charge in [0, 0.05) is 6.42 Å². The minimum atomic E-state index is -2.71. The summed E-state index contributed by atoms with van der Waals surface area (Å²) in [7, 11) is 0. The van der Waals surface area contributed by atoms with E-state index in [1.54, 1.807) is 0 Å². The number of aliphatic hydroxyl groups excluding tert-OH is 6. The second-order valence-electron chi connectivity index (χ2n) is 7.54. The highest BCUT2D eigenvalue weighted by Crippen LogP contribution is 2.38. The van der Waals surface area contributed by atoms with Crippen LogP contribution in [0.2, 0.25) is 0 Å². The highest BCUT2D eigenvalue weighted by atomic mass is 16.7. The molecule has 33 heavy (non-hydrogen) atoms. The van der Waals surface area contributed by atoms with Gasteiger partial charge in [-0.3, -0.25) is 0 Å². The largest absolute Gasteiger partial charge is 0.477 e. The van der Waals surface area contributed by atoms with Gasteiger partial charge in [0.05, 0.1) is 38.4 Å². The number of carboxylic acids is 2. The van der Waals surface area contributed by atoms with Crippen LogP contribution in [-0.2, 0) is 28.5 Å². The van der Waals surface area contributed by atoms with Gasteiger partial charge in [0.25, 0.3) is 5.79 Å². The highest BCUT2D eigenvalue weighted by molar-refractivity contribution is 5.77. The zero-order valence-electron chi connectivity index (χ0n) is 17.4. The van der Waals surface area contributed by atoms with Gasteiger partial charge in [-0.15, -0.1) is 6.58 Å². The molecular weight excluding hydrogens is 452 g/mol. The molecule has 0 bridgehead atoms. The van der Waals surface area contributed by atoms with Crippen molar-refractivity contribution in [1.29, 1.82) is 0 Å². The van der Waals surface area contributed by atoms with E-state index in [2.05, 4.69) is 6.58 Å². The van der Waals surface area contributed by atoms with Gasteiger partial charge >= 0.3 is 17.7 Å². The maximum absolute atomic E-state index is 12.1. The van der Waals surface area contributed by atoms with Gasteiger partial charge in [0.2, 0.25) is 0 Å². The SMILES string of the molecule is C=CCO[C@]1(C(=O)O)C[C@@H](O[C@]2(C(=O)O)C[C@@H](O)[C@@H](O)[C@@H]([C@H](O)CO)O2)C=C([C@H](O)CO)O1. The number of carbonyl (C=O) groups is 2. The second-order valence-corrected chi connectivity index (χ2v) is 7.54. The number of aliphatic carboxylic acids is 2. The first kappa shape index (κ1) is 27.1. The number of hydrogen-bond donors (Lipinski definition) is 8. The third kappa shape index (κ3) is 5.68. The van der Waals surface area contributed by atoms with E-state index < -0.39 is 92.0 Å².